The van der Waals surface area contributed by atoms with Crippen molar-refractivity contribution in [1.29, 1.82) is 0 Å². The second-order valence-corrected chi connectivity index (χ2v) is 5.15. The Morgan fingerprint density at radius 2 is 1.83 bits per heavy atom. The van der Waals surface area contributed by atoms with Crippen LogP contribution in [0.25, 0.3) is 0 Å². The molecule has 1 aliphatic carbocycles. The van der Waals surface area contributed by atoms with Gasteiger partial charge in [0, 0.05) is 19.6 Å². The van der Waals surface area contributed by atoms with E-state index in [0.29, 0.717) is 5.92 Å². The van der Waals surface area contributed by atoms with E-state index >= 15 is 0 Å². The molecule has 1 N–H and O–H groups in total. The van der Waals surface area contributed by atoms with Crippen molar-refractivity contribution in [2.24, 2.45) is 5.92 Å². The fourth-order valence-electron chi connectivity index (χ4n) is 2.94. The molecular formula is C13H24F3NO. The fraction of sp³-hybridized carbons (Fsp3) is 1.00. The Hall–Kier alpha value is -0.290. The zero-order valence-corrected chi connectivity index (χ0v) is 11.2. The van der Waals surface area contributed by atoms with Crippen LogP contribution >= 0.6 is 0 Å². The molecule has 0 aromatic rings. The SMILES string of the molecule is CNC(CCC(F)(F)F)C(OC)C1CCCCC1. The molecule has 0 bridgehead atoms. The zero-order chi connectivity index (χ0) is 13.6. The molecule has 0 heterocycles. The molecule has 5 heteroatoms. The number of hydrogen-bond donors (Lipinski definition) is 1. The minimum atomic E-state index is -4.08. The van der Waals surface area contributed by atoms with E-state index in [-0.39, 0.29) is 18.6 Å². The Morgan fingerprint density at radius 3 is 2.28 bits per heavy atom. The van der Waals surface area contributed by atoms with Gasteiger partial charge in [-0.2, -0.15) is 13.2 Å². The van der Waals surface area contributed by atoms with Crippen LogP contribution in [0.1, 0.15) is 44.9 Å². The lowest BCUT2D eigenvalue weighted by Gasteiger charge is -2.35. The summed E-state index contributed by atoms with van der Waals surface area (Å²) in [6, 6.07) is -0.209. The predicted molar refractivity (Wildman–Crippen MR) is 65.5 cm³/mol. The van der Waals surface area contributed by atoms with E-state index in [1.165, 1.54) is 19.3 Å². The molecule has 0 spiro atoms. The highest BCUT2D eigenvalue weighted by Crippen LogP contribution is 2.31. The highest BCUT2D eigenvalue weighted by molar-refractivity contribution is 4.84. The van der Waals surface area contributed by atoms with Gasteiger partial charge in [0.25, 0.3) is 0 Å². The van der Waals surface area contributed by atoms with Crippen molar-refractivity contribution in [2.75, 3.05) is 14.2 Å². The van der Waals surface area contributed by atoms with Crippen LogP contribution in [0.5, 0.6) is 0 Å². The lowest BCUT2D eigenvalue weighted by molar-refractivity contribution is -0.139. The monoisotopic (exact) mass is 267 g/mol. The number of halogens is 3. The van der Waals surface area contributed by atoms with Crippen LogP contribution in [0.2, 0.25) is 0 Å². The second-order valence-electron chi connectivity index (χ2n) is 5.15. The van der Waals surface area contributed by atoms with Gasteiger partial charge in [-0.15, -0.1) is 0 Å². The van der Waals surface area contributed by atoms with Gasteiger partial charge in [-0.1, -0.05) is 19.3 Å². The summed E-state index contributed by atoms with van der Waals surface area (Å²) in [5.74, 6) is 0.398. The van der Waals surface area contributed by atoms with Crippen LogP contribution in [-0.4, -0.2) is 32.5 Å². The summed E-state index contributed by atoms with van der Waals surface area (Å²) < 4.78 is 42.4. The lowest BCUT2D eigenvalue weighted by Crippen LogP contribution is -2.44. The van der Waals surface area contributed by atoms with E-state index in [1.54, 1.807) is 14.2 Å². The molecule has 0 aromatic heterocycles. The fourth-order valence-corrected chi connectivity index (χ4v) is 2.94. The third-order valence-corrected chi connectivity index (χ3v) is 3.89. The quantitative estimate of drug-likeness (QED) is 0.795. The van der Waals surface area contributed by atoms with Crippen molar-refractivity contribution in [1.82, 2.24) is 5.32 Å². The molecule has 0 saturated heterocycles. The van der Waals surface area contributed by atoms with Crippen LogP contribution < -0.4 is 5.32 Å². The topological polar surface area (TPSA) is 21.3 Å². The highest BCUT2D eigenvalue weighted by Gasteiger charge is 2.34. The van der Waals surface area contributed by atoms with Crippen molar-refractivity contribution in [3.8, 4) is 0 Å². The van der Waals surface area contributed by atoms with Gasteiger partial charge in [0.1, 0.15) is 0 Å². The Morgan fingerprint density at radius 1 is 1.22 bits per heavy atom. The predicted octanol–water partition coefficient (Wildman–Crippen LogP) is 3.51. The summed E-state index contributed by atoms with van der Waals surface area (Å²) in [5.41, 5.74) is 0. The van der Waals surface area contributed by atoms with Crippen molar-refractivity contribution < 1.29 is 17.9 Å². The summed E-state index contributed by atoms with van der Waals surface area (Å²) >= 11 is 0. The summed E-state index contributed by atoms with van der Waals surface area (Å²) in [6.07, 6.45) is 0.878. The molecule has 1 aliphatic rings. The van der Waals surface area contributed by atoms with E-state index < -0.39 is 12.6 Å². The molecule has 0 radical (unpaired) electrons. The van der Waals surface area contributed by atoms with Crippen LogP contribution in [0.4, 0.5) is 13.2 Å². The molecule has 2 atom stereocenters. The average molecular weight is 267 g/mol. The minimum Gasteiger partial charge on any atom is -0.380 e. The third kappa shape index (κ3) is 5.14. The van der Waals surface area contributed by atoms with Gasteiger partial charge in [0.15, 0.2) is 0 Å². The summed E-state index contributed by atoms with van der Waals surface area (Å²) in [5, 5.41) is 3.00. The number of likely N-dealkylation sites (N-methyl/N-ethyl adjacent to an activating group) is 1. The van der Waals surface area contributed by atoms with E-state index in [4.69, 9.17) is 4.74 Å². The molecule has 1 rings (SSSR count). The molecule has 18 heavy (non-hydrogen) atoms. The van der Waals surface area contributed by atoms with E-state index in [2.05, 4.69) is 5.32 Å². The maximum absolute atomic E-state index is 12.3. The zero-order valence-electron chi connectivity index (χ0n) is 11.2. The molecule has 108 valence electrons. The van der Waals surface area contributed by atoms with Crippen LogP contribution in [0.3, 0.4) is 0 Å². The number of methoxy groups -OCH3 is 1. The molecule has 1 saturated carbocycles. The highest BCUT2D eigenvalue weighted by atomic mass is 19.4. The summed E-state index contributed by atoms with van der Waals surface area (Å²) in [4.78, 5) is 0. The first-order valence-electron chi connectivity index (χ1n) is 6.74. The minimum absolute atomic E-state index is 0.0923. The normalized spacial score (nSPS) is 21.8. The molecule has 2 nitrogen and oxygen atoms in total. The maximum Gasteiger partial charge on any atom is 0.389 e. The molecule has 1 fully saturated rings. The number of rotatable bonds is 6. The summed E-state index contributed by atoms with van der Waals surface area (Å²) in [6.45, 7) is 0. The van der Waals surface area contributed by atoms with Gasteiger partial charge in [-0.25, -0.2) is 0 Å². The maximum atomic E-state index is 12.3. The standard InChI is InChI=1S/C13H24F3NO/c1-17-11(8-9-13(14,15)16)12(18-2)10-6-4-3-5-7-10/h10-12,17H,3-9H2,1-2H3. The van der Waals surface area contributed by atoms with Crippen LogP contribution in [-0.2, 0) is 4.74 Å². The largest absolute Gasteiger partial charge is 0.389 e. The van der Waals surface area contributed by atoms with Crippen LogP contribution in [0, 0.1) is 5.92 Å². The Bertz CT molecular complexity index is 227. The Labute approximate surface area is 107 Å². The van der Waals surface area contributed by atoms with E-state index in [1.807, 2.05) is 0 Å². The number of hydrogen-bond acceptors (Lipinski definition) is 2. The van der Waals surface area contributed by atoms with Gasteiger partial charge in [-0.05, 0) is 32.2 Å². The summed E-state index contributed by atoms with van der Waals surface area (Å²) in [7, 11) is 3.33. The second kappa shape index (κ2) is 7.34. The molecular weight excluding hydrogens is 243 g/mol. The van der Waals surface area contributed by atoms with Gasteiger partial charge in [0.05, 0.1) is 6.10 Å². The molecule has 0 aliphatic heterocycles. The van der Waals surface area contributed by atoms with Crippen molar-refractivity contribution in [3.63, 3.8) is 0 Å². The lowest BCUT2D eigenvalue weighted by atomic mass is 9.81. The Balaban J connectivity index is 2.53. The van der Waals surface area contributed by atoms with Gasteiger partial charge >= 0.3 is 6.18 Å². The molecule has 2 unspecified atom stereocenters. The van der Waals surface area contributed by atoms with Crippen LogP contribution in [0.15, 0.2) is 0 Å². The first-order chi connectivity index (χ1) is 8.48. The van der Waals surface area contributed by atoms with Gasteiger partial charge < -0.3 is 10.1 Å². The van der Waals surface area contributed by atoms with E-state index in [9.17, 15) is 13.2 Å². The van der Waals surface area contributed by atoms with Crippen molar-refractivity contribution in [3.05, 3.63) is 0 Å². The Kier molecular flexibility index (Phi) is 6.43. The molecule has 0 amide bonds. The first-order valence-corrected chi connectivity index (χ1v) is 6.74. The number of ether oxygens (including phenoxy) is 1. The number of alkyl halides is 3. The number of nitrogens with one attached hydrogen (secondary N) is 1. The third-order valence-electron chi connectivity index (χ3n) is 3.89. The van der Waals surface area contributed by atoms with Crippen molar-refractivity contribution in [2.45, 2.75) is 63.3 Å². The van der Waals surface area contributed by atoms with Gasteiger partial charge in [-0.3, -0.25) is 0 Å². The molecule has 0 aromatic carbocycles. The van der Waals surface area contributed by atoms with Gasteiger partial charge in [0.2, 0.25) is 0 Å². The van der Waals surface area contributed by atoms with Crippen molar-refractivity contribution >= 4 is 0 Å². The first kappa shape index (κ1) is 15.8. The average Bonchev–Trinajstić information content (AvgIpc) is 2.34. The van der Waals surface area contributed by atoms with E-state index in [0.717, 1.165) is 12.8 Å². The smallest absolute Gasteiger partial charge is 0.380 e.